The van der Waals surface area contributed by atoms with Gasteiger partial charge in [0.05, 0.1) is 11.8 Å². The molecule has 1 heterocycles. The average Bonchev–Trinajstić information content (AvgIpc) is 2.95. The molecule has 0 saturated heterocycles. The SMILES string of the molecule is O=C(NCC1(CBr)CCCC1)c1ccoc1Br. The maximum Gasteiger partial charge on any atom is 0.255 e. The minimum Gasteiger partial charge on any atom is -0.457 e. The van der Waals surface area contributed by atoms with Crippen molar-refractivity contribution >= 4 is 37.8 Å². The van der Waals surface area contributed by atoms with Crippen LogP contribution in [0.3, 0.4) is 0 Å². The lowest BCUT2D eigenvalue weighted by atomic mass is 9.89. The van der Waals surface area contributed by atoms with E-state index < -0.39 is 0 Å². The molecule has 3 nitrogen and oxygen atoms in total. The van der Waals surface area contributed by atoms with Gasteiger partial charge in [0, 0.05) is 11.9 Å². The number of halogens is 2. The summed E-state index contributed by atoms with van der Waals surface area (Å²) in [5.41, 5.74) is 0.805. The number of rotatable bonds is 4. The Labute approximate surface area is 118 Å². The molecule has 0 unspecified atom stereocenters. The highest BCUT2D eigenvalue weighted by atomic mass is 79.9. The van der Waals surface area contributed by atoms with Crippen LogP contribution in [0.4, 0.5) is 0 Å². The Morgan fingerprint density at radius 1 is 1.47 bits per heavy atom. The van der Waals surface area contributed by atoms with Gasteiger partial charge in [0.15, 0.2) is 4.67 Å². The van der Waals surface area contributed by atoms with Crippen LogP contribution in [0.1, 0.15) is 36.0 Å². The van der Waals surface area contributed by atoms with Crippen molar-refractivity contribution in [3.05, 3.63) is 22.6 Å². The summed E-state index contributed by atoms with van der Waals surface area (Å²) in [4.78, 5) is 11.9. The zero-order valence-corrected chi connectivity index (χ0v) is 12.6. The Balaban J connectivity index is 1.94. The third-order valence-electron chi connectivity index (χ3n) is 3.43. The van der Waals surface area contributed by atoms with Gasteiger partial charge in [-0.25, -0.2) is 0 Å². The molecule has 0 bridgehead atoms. The fraction of sp³-hybridized carbons (Fsp3) is 0.583. The highest BCUT2D eigenvalue weighted by Gasteiger charge is 2.33. The molecule has 0 aliphatic heterocycles. The van der Waals surface area contributed by atoms with Crippen molar-refractivity contribution < 1.29 is 9.21 Å². The molecule has 2 rings (SSSR count). The van der Waals surface area contributed by atoms with Crippen LogP contribution < -0.4 is 5.32 Å². The molecule has 0 spiro atoms. The lowest BCUT2D eigenvalue weighted by Gasteiger charge is -2.26. The van der Waals surface area contributed by atoms with Crippen LogP contribution in [0, 0.1) is 5.41 Å². The number of nitrogens with one attached hydrogen (secondary N) is 1. The molecule has 1 fully saturated rings. The van der Waals surface area contributed by atoms with Gasteiger partial charge >= 0.3 is 0 Å². The molecule has 94 valence electrons. The molecule has 1 saturated carbocycles. The zero-order valence-electron chi connectivity index (χ0n) is 9.47. The first-order valence-corrected chi connectivity index (χ1v) is 7.65. The molecule has 1 N–H and O–H groups in total. The Hall–Kier alpha value is -0.290. The third kappa shape index (κ3) is 2.94. The number of hydrogen-bond acceptors (Lipinski definition) is 2. The Bertz CT molecular complexity index is 397. The van der Waals surface area contributed by atoms with E-state index in [4.69, 9.17) is 4.42 Å². The molecule has 5 heteroatoms. The number of amides is 1. The lowest BCUT2D eigenvalue weighted by Crippen LogP contribution is -2.37. The van der Waals surface area contributed by atoms with Gasteiger partial charge in [0.1, 0.15) is 0 Å². The molecular formula is C12H15Br2NO2. The summed E-state index contributed by atoms with van der Waals surface area (Å²) in [6, 6.07) is 1.68. The minimum absolute atomic E-state index is 0.0714. The summed E-state index contributed by atoms with van der Waals surface area (Å²) in [6.45, 7) is 0.731. The summed E-state index contributed by atoms with van der Waals surface area (Å²) in [6.07, 6.45) is 6.40. The molecule has 1 amide bonds. The lowest BCUT2D eigenvalue weighted by molar-refractivity contribution is 0.0934. The first-order valence-electron chi connectivity index (χ1n) is 5.74. The van der Waals surface area contributed by atoms with Crippen molar-refractivity contribution in [3.63, 3.8) is 0 Å². The minimum atomic E-state index is -0.0714. The second kappa shape index (κ2) is 5.57. The summed E-state index contributed by atoms with van der Waals surface area (Å²) >= 11 is 6.78. The van der Waals surface area contributed by atoms with Crippen molar-refractivity contribution in [1.82, 2.24) is 5.32 Å². The molecule has 0 atom stereocenters. The van der Waals surface area contributed by atoms with Crippen LogP contribution in [0.2, 0.25) is 0 Å². The molecular weight excluding hydrogens is 350 g/mol. The molecule has 0 aromatic carbocycles. The molecule has 1 aromatic rings. The van der Waals surface area contributed by atoms with Gasteiger partial charge in [0.25, 0.3) is 5.91 Å². The topological polar surface area (TPSA) is 42.2 Å². The molecule has 1 aliphatic rings. The number of carbonyl (C=O) groups is 1. The Morgan fingerprint density at radius 3 is 2.71 bits per heavy atom. The fourth-order valence-corrected chi connectivity index (χ4v) is 3.48. The second-order valence-corrected chi connectivity index (χ2v) is 5.91. The van der Waals surface area contributed by atoms with E-state index in [1.54, 1.807) is 6.07 Å². The van der Waals surface area contributed by atoms with Crippen LogP contribution in [-0.2, 0) is 0 Å². The molecule has 1 aromatic heterocycles. The average molecular weight is 365 g/mol. The van der Waals surface area contributed by atoms with Gasteiger partial charge < -0.3 is 9.73 Å². The monoisotopic (exact) mass is 363 g/mol. The maximum absolute atomic E-state index is 11.9. The maximum atomic E-state index is 11.9. The van der Waals surface area contributed by atoms with Crippen LogP contribution >= 0.6 is 31.9 Å². The van der Waals surface area contributed by atoms with Gasteiger partial charge in [0.2, 0.25) is 0 Å². The Kier molecular flexibility index (Phi) is 4.31. The summed E-state index contributed by atoms with van der Waals surface area (Å²) in [7, 11) is 0. The Morgan fingerprint density at radius 2 is 2.18 bits per heavy atom. The zero-order chi connectivity index (χ0) is 12.3. The smallest absolute Gasteiger partial charge is 0.255 e. The van der Waals surface area contributed by atoms with Gasteiger partial charge in [-0.1, -0.05) is 28.8 Å². The van der Waals surface area contributed by atoms with E-state index in [1.165, 1.54) is 31.9 Å². The number of alkyl halides is 1. The predicted molar refractivity (Wildman–Crippen MR) is 73.4 cm³/mol. The second-order valence-electron chi connectivity index (χ2n) is 4.63. The van der Waals surface area contributed by atoms with Crippen LogP contribution in [0.25, 0.3) is 0 Å². The quantitative estimate of drug-likeness (QED) is 0.827. The first-order chi connectivity index (χ1) is 8.17. The standard InChI is InChI=1S/C12H15Br2NO2/c13-7-12(4-1-2-5-12)8-15-11(16)9-3-6-17-10(9)14/h3,6H,1-2,4-5,7-8H2,(H,15,16). The van der Waals surface area contributed by atoms with Crippen molar-refractivity contribution in [2.75, 3.05) is 11.9 Å². The third-order valence-corrected chi connectivity index (χ3v) is 5.24. The summed E-state index contributed by atoms with van der Waals surface area (Å²) < 4.78 is 5.55. The van der Waals surface area contributed by atoms with Gasteiger partial charge in [-0.15, -0.1) is 0 Å². The van der Waals surface area contributed by atoms with E-state index in [0.717, 1.165) is 11.9 Å². The van der Waals surface area contributed by atoms with Gasteiger partial charge in [-0.2, -0.15) is 0 Å². The normalized spacial score (nSPS) is 18.2. The number of furan rings is 1. The van der Waals surface area contributed by atoms with Crippen molar-refractivity contribution in [1.29, 1.82) is 0 Å². The van der Waals surface area contributed by atoms with Crippen molar-refractivity contribution in [2.24, 2.45) is 5.41 Å². The van der Waals surface area contributed by atoms with Gasteiger partial charge in [-0.3, -0.25) is 4.79 Å². The summed E-state index contributed by atoms with van der Waals surface area (Å²) in [5, 5.41) is 3.95. The summed E-state index contributed by atoms with van der Waals surface area (Å²) in [5.74, 6) is -0.0714. The van der Waals surface area contributed by atoms with Crippen LogP contribution in [-0.4, -0.2) is 17.8 Å². The highest BCUT2D eigenvalue weighted by molar-refractivity contribution is 9.10. The van der Waals surface area contributed by atoms with E-state index in [2.05, 4.69) is 37.2 Å². The van der Waals surface area contributed by atoms with E-state index in [0.29, 0.717) is 10.2 Å². The molecule has 1 aliphatic carbocycles. The molecule has 0 radical (unpaired) electrons. The van der Waals surface area contributed by atoms with E-state index >= 15 is 0 Å². The largest absolute Gasteiger partial charge is 0.457 e. The fourth-order valence-electron chi connectivity index (χ4n) is 2.30. The van der Waals surface area contributed by atoms with E-state index in [1.807, 2.05) is 0 Å². The van der Waals surface area contributed by atoms with Gasteiger partial charge in [-0.05, 0) is 40.3 Å². The molecule has 17 heavy (non-hydrogen) atoms. The number of hydrogen-bond donors (Lipinski definition) is 1. The van der Waals surface area contributed by atoms with Crippen molar-refractivity contribution in [2.45, 2.75) is 25.7 Å². The van der Waals surface area contributed by atoms with Crippen LogP contribution in [0.5, 0.6) is 0 Å². The van der Waals surface area contributed by atoms with Crippen molar-refractivity contribution in [3.8, 4) is 0 Å². The number of carbonyl (C=O) groups excluding carboxylic acids is 1. The van der Waals surface area contributed by atoms with E-state index in [-0.39, 0.29) is 11.3 Å². The predicted octanol–water partition coefficient (Wildman–Crippen LogP) is 3.73. The van der Waals surface area contributed by atoms with E-state index in [9.17, 15) is 4.79 Å². The highest BCUT2D eigenvalue weighted by Crippen LogP contribution is 2.39. The first kappa shape index (κ1) is 13.1. The van der Waals surface area contributed by atoms with Crippen LogP contribution in [0.15, 0.2) is 21.4 Å².